The lowest BCUT2D eigenvalue weighted by Gasteiger charge is -2.29. The second-order valence-corrected chi connectivity index (χ2v) is 4.91. The summed E-state index contributed by atoms with van der Waals surface area (Å²) in [6, 6.07) is -0.0659. The Bertz CT molecular complexity index is 318. The normalized spacial score (nSPS) is 34.7. The molecule has 0 heterocycles. The van der Waals surface area contributed by atoms with Crippen LogP contribution in [0.4, 0.5) is 0 Å². The van der Waals surface area contributed by atoms with Crippen molar-refractivity contribution in [3.63, 3.8) is 0 Å². The zero-order chi connectivity index (χ0) is 12.4. The van der Waals surface area contributed by atoms with Gasteiger partial charge in [0.25, 0.3) is 0 Å². The molecule has 5 nitrogen and oxygen atoms in total. The van der Waals surface area contributed by atoms with Gasteiger partial charge < -0.3 is 14.8 Å². The third kappa shape index (κ3) is 2.29. The summed E-state index contributed by atoms with van der Waals surface area (Å²) in [6.07, 6.45) is 3.19. The van der Waals surface area contributed by atoms with E-state index in [1.807, 2.05) is 0 Å². The van der Waals surface area contributed by atoms with Crippen LogP contribution in [0, 0.1) is 17.8 Å². The third-order valence-electron chi connectivity index (χ3n) is 3.99. The molecule has 1 N–H and O–H groups in total. The minimum absolute atomic E-state index is 0.0434. The molecule has 0 aromatic rings. The largest absolute Gasteiger partial charge is 0.469 e. The van der Waals surface area contributed by atoms with Crippen molar-refractivity contribution in [2.75, 3.05) is 20.8 Å². The minimum Gasteiger partial charge on any atom is -0.469 e. The molecule has 96 valence electrons. The lowest BCUT2D eigenvalue weighted by Crippen LogP contribution is -2.48. The summed E-state index contributed by atoms with van der Waals surface area (Å²) < 4.78 is 9.62. The van der Waals surface area contributed by atoms with Crippen molar-refractivity contribution in [1.29, 1.82) is 0 Å². The van der Waals surface area contributed by atoms with Gasteiger partial charge in [0, 0.05) is 13.2 Å². The molecule has 17 heavy (non-hydrogen) atoms. The third-order valence-corrected chi connectivity index (χ3v) is 3.99. The second-order valence-electron chi connectivity index (χ2n) is 4.91. The maximum atomic E-state index is 11.7. The predicted molar refractivity (Wildman–Crippen MR) is 60.1 cm³/mol. The number of methoxy groups -OCH3 is 2. The van der Waals surface area contributed by atoms with E-state index in [-0.39, 0.29) is 30.4 Å². The Morgan fingerprint density at radius 1 is 1.24 bits per heavy atom. The SMILES string of the molecule is COCC(=O)N[C@@H]1[C@H]2CC[C@@H](C2)[C@H]1C(=O)OC. The maximum Gasteiger partial charge on any atom is 0.311 e. The summed E-state index contributed by atoms with van der Waals surface area (Å²) in [4.78, 5) is 23.3. The first-order valence-corrected chi connectivity index (χ1v) is 6.03. The smallest absolute Gasteiger partial charge is 0.311 e. The molecule has 2 fully saturated rings. The Hall–Kier alpha value is -1.10. The number of rotatable bonds is 4. The average molecular weight is 241 g/mol. The van der Waals surface area contributed by atoms with Crippen LogP contribution in [-0.4, -0.2) is 38.7 Å². The molecule has 2 saturated carbocycles. The van der Waals surface area contributed by atoms with Crippen LogP contribution in [-0.2, 0) is 19.1 Å². The van der Waals surface area contributed by atoms with E-state index in [0.717, 1.165) is 19.3 Å². The fraction of sp³-hybridized carbons (Fsp3) is 0.833. The van der Waals surface area contributed by atoms with Crippen molar-refractivity contribution in [2.45, 2.75) is 25.3 Å². The maximum absolute atomic E-state index is 11.7. The van der Waals surface area contributed by atoms with E-state index in [9.17, 15) is 9.59 Å². The molecule has 0 spiro atoms. The highest BCUT2D eigenvalue weighted by Crippen LogP contribution is 2.48. The van der Waals surface area contributed by atoms with E-state index >= 15 is 0 Å². The van der Waals surface area contributed by atoms with E-state index in [0.29, 0.717) is 11.8 Å². The number of hydrogen-bond acceptors (Lipinski definition) is 4. The van der Waals surface area contributed by atoms with Crippen LogP contribution in [0.3, 0.4) is 0 Å². The zero-order valence-electron chi connectivity index (χ0n) is 10.3. The van der Waals surface area contributed by atoms with E-state index in [1.165, 1.54) is 14.2 Å². The number of ether oxygens (including phenoxy) is 2. The summed E-state index contributed by atoms with van der Waals surface area (Å²) in [6.45, 7) is 0.0434. The average Bonchev–Trinajstić information content (AvgIpc) is 2.89. The van der Waals surface area contributed by atoms with Crippen LogP contribution in [0.1, 0.15) is 19.3 Å². The molecule has 0 unspecified atom stereocenters. The van der Waals surface area contributed by atoms with Gasteiger partial charge in [0.2, 0.25) is 5.91 Å². The molecular formula is C12H19NO4. The summed E-state index contributed by atoms with van der Waals surface area (Å²) >= 11 is 0. The summed E-state index contributed by atoms with van der Waals surface area (Å²) in [5.41, 5.74) is 0. The molecule has 1 amide bonds. The highest BCUT2D eigenvalue weighted by molar-refractivity contribution is 5.80. The molecule has 0 aromatic heterocycles. The number of nitrogens with one attached hydrogen (secondary N) is 1. The lowest BCUT2D eigenvalue weighted by atomic mass is 9.84. The molecule has 2 aliphatic carbocycles. The number of amides is 1. The number of carbonyl (C=O) groups is 2. The van der Waals surface area contributed by atoms with Crippen molar-refractivity contribution in [3.05, 3.63) is 0 Å². The van der Waals surface area contributed by atoms with Crippen LogP contribution >= 0.6 is 0 Å². The quantitative estimate of drug-likeness (QED) is 0.721. The van der Waals surface area contributed by atoms with Gasteiger partial charge in [0.1, 0.15) is 6.61 Å². The van der Waals surface area contributed by atoms with E-state index in [4.69, 9.17) is 9.47 Å². The van der Waals surface area contributed by atoms with Gasteiger partial charge in [0.05, 0.1) is 13.0 Å². The van der Waals surface area contributed by atoms with Gasteiger partial charge in [-0.3, -0.25) is 9.59 Å². The van der Waals surface area contributed by atoms with Gasteiger partial charge in [-0.15, -0.1) is 0 Å². The summed E-state index contributed by atoms with van der Waals surface area (Å²) in [5, 5.41) is 2.91. The molecule has 4 atom stereocenters. The van der Waals surface area contributed by atoms with E-state index < -0.39 is 0 Å². The number of esters is 1. The first-order valence-electron chi connectivity index (χ1n) is 6.03. The minimum atomic E-state index is -0.195. The van der Waals surface area contributed by atoms with Crippen molar-refractivity contribution in [1.82, 2.24) is 5.32 Å². The van der Waals surface area contributed by atoms with Gasteiger partial charge in [-0.2, -0.15) is 0 Å². The van der Waals surface area contributed by atoms with Crippen molar-refractivity contribution >= 4 is 11.9 Å². The summed E-state index contributed by atoms with van der Waals surface area (Å²) in [5.74, 6) is 0.281. The molecule has 0 aliphatic heterocycles. The highest BCUT2D eigenvalue weighted by atomic mass is 16.5. The van der Waals surface area contributed by atoms with Crippen LogP contribution in [0.15, 0.2) is 0 Å². The van der Waals surface area contributed by atoms with Gasteiger partial charge in [-0.05, 0) is 31.1 Å². The molecule has 5 heteroatoms. The van der Waals surface area contributed by atoms with Gasteiger partial charge in [-0.25, -0.2) is 0 Å². The van der Waals surface area contributed by atoms with Crippen LogP contribution in [0.25, 0.3) is 0 Å². The Kier molecular flexibility index (Phi) is 3.66. The second kappa shape index (κ2) is 5.04. The molecule has 2 aliphatic rings. The van der Waals surface area contributed by atoms with Crippen molar-refractivity contribution in [3.8, 4) is 0 Å². The molecular weight excluding hydrogens is 222 g/mol. The molecule has 0 saturated heterocycles. The van der Waals surface area contributed by atoms with Crippen LogP contribution in [0.2, 0.25) is 0 Å². The standard InChI is InChI=1S/C12H19NO4/c1-16-6-9(14)13-11-8-4-3-7(5-8)10(11)12(15)17-2/h7-8,10-11H,3-6H2,1-2H3,(H,13,14)/t7-,8-,10+,11+/m0/s1. The van der Waals surface area contributed by atoms with Gasteiger partial charge in [-0.1, -0.05) is 0 Å². The molecule has 2 bridgehead atoms. The highest BCUT2D eigenvalue weighted by Gasteiger charge is 2.51. The Balaban J connectivity index is 2.03. The molecule has 0 aromatic carbocycles. The van der Waals surface area contributed by atoms with Crippen LogP contribution in [0.5, 0.6) is 0 Å². The van der Waals surface area contributed by atoms with Crippen LogP contribution < -0.4 is 5.32 Å². The zero-order valence-corrected chi connectivity index (χ0v) is 10.3. The van der Waals surface area contributed by atoms with Gasteiger partial charge in [0.15, 0.2) is 0 Å². The fourth-order valence-corrected chi connectivity index (χ4v) is 3.33. The number of fused-ring (bicyclic) bond motifs is 2. The Morgan fingerprint density at radius 2 is 1.94 bits per heavy atom. The monoisotopic (exact) mass is 241 g/mol. The van der Waals surface area contributed by atoms with E-state index in [2.05, 4.69) is 5.32 Å². The first kappa shape index (κ1) is 12.4. The fourth-order valence-electron chi connectivity index (χ4n) is 3.33. The summed E-state index contributed by atoms with van der Waals surface area (Å²) in [7, 11) is 2.89. The Morgan fingerprint density at radius 3 is 2.59 bits per heavy atom. The topological polar surface area (TPSA) is 64.6 Å². The lowest BCUT2D eigenvalue weighted by molar-refractivity contribution is -0.148. The van der Waals surface area contributed by atoms with Crippen molar-refractivity contribution in [2.24, 2.45) is 17.8 Å². The number of hydrogen-bond donors (Lipinski definition) is 1. The predicted octanol–water partition coefficient (Wildman–Crippen LogP) is 0.337. The Labute approximate surface area is 101 Å². The van der Waals surface area contributed by atoms with Crippen molar-refractivity contribution < 1.29 is 19.1 Å². The number of carbonyl (C=O) groups excluding carboxylic acids is 2. The molecule has 2 rings (SSSR count). The van der Waals surface area contributed by atoms with Gasteiger partial charge >= 0.3 is 5.97 Å². The molecule has 0 radical (unpaired) electrons. The first-order chi connectivity index (χ1) is 8.17. The van der Waals surface area contributed by atoms with E-state index in [1.54, 1.807) is 0 Å².